The number of alkyl halides is 3. The number of carbonyl (C=O) groups is 1. The lowest BCUT2D eigenvalue weighted by Crippen LogP contribution is -2.47. The largest absolute Gasteiger partial charge is 0.416 e. The van der Waals surface area contributed by atoms with E-state index in [0.29, 0.717) is 47.0 Å². The van der Waals surface area contributed by atoms with Gasteiger partial charge in [0.2, 0.25) is 0 Å². The van der Waals surface area contributed by atoms with E-state index in [2.05, 4.69) is 30.2 Å². The number of imidazole rings is 1. The molecule has 0 spiro atoms. The highest BCUT2D eigenvalue weighted by Gasteiger charge is 2.30. The van der Waals surface area contributed by atoms with Crippen LogP contribution in [0.25, 0.3) is 22.6 Å². The zero-order valence-corrected chi connectivity index (χ0v) is 19.5. The SMILES string of the molecule is CN1CCN(C(=O)c2ccc(-c3nc4ncnc(NCc5cccc(C(F)(F)F)c5)c4[nH]3)cc2)CC1. The third kappa shape index (κ3) is 5.01. The first-order chi connectivity index (χ1) is 17.3. The van der Waals surface area contributed by atoms with Crippen molar-refractivity contribution in [3.63, 3.8) is 0 Å². The molecule has 1 amide bonds. The van der Waals surface area contributed by atoms with E-state index in [1.807, 2.05) is 24.1 Å². The fourth-order valence-corrected chi connectivity index (χ4v) is 4.11. The van der Waals surface area contributed by atoms with Crippen LogP contribution in [-0.4, -0.2) is 68.9 Å². The summed E-state index contributed by atoms with van der Waals surface area (Å²) in [6.45, 7) is 3.26. The molecule has 4 aromatic rings. The van der Waals surface area contributed by atoms with Crippen molar-refractivity contribution in [3.8, 4) is 11.4 Å². The van der Waals surface area contributed by atoms with Gasteiger partial charge in [0.1, 0.15) is 17.7 Å². The Balaban J connectivity index is 1.32. The fraction of sp³-hybridized carbons (Fsp3) is 0.280. The minimum atomic E-state index is -4.40. The van der Waals surface area contributed by atoms with Crippen molar-refractivity contribution in [2.45, 2.75) is 12.7 Å². The molecule has 1 aliphatic rings. The maximum absolute atomic E-state index is 13.0. The molecule has 2 N–H and O–H groups in total. The van der Waals surface area contributed by atoms with E-state index in [-0.39, 0.29) is 12.5 Å². The second kappa shape index (κ2) is 9.57. The smallest absolute Gasteiger partial charge is 0.364 e. The summed E-state index contributed by atoms with van der Waals surface area (Å²) in [4.78, 5) is 33.0. The van der Waals surface area contributed by atoms with Gasteiger partial charge in [-0.15, -0.1) is 0 Å². The second-order valence-corrected chi connectivity index (χ2v) is 8.73. The van der Waals surface area contributed by atoms with Crippen molar-refractivity contribution in [1.29, 1.82) is 0 Å². The fourth-order valence-electron chi connectivity index (χ4n) is 4.11. The number of rotatable bonds is 5. The van der Waals surface area contributed by atoms with E-state index in [4.69, 9.17) is 0 Å². The molecule has 5 rings (SSSR count). The molecule has 2 aromatic heterocycles. The number of amides is 1. The summed E-state index contributed by atoms with van der Waals surface area (Å²) in [7, 11) is 2.04. The molecule has 3 heterocycles. The van der Waals surface area contributed by atoms with Crippen LogP contribution in [0.3, 0.4) is 0 Å². The molecule has 0 bridgehead atoms. The van der Waals surface area contributed by atoms with E-state index < -0.39 is 11.7 Å². The molecule has 0 radical (unpaired) electrons. The van der Waals surface area contributed by atoms with Crippen LogP contribution in [0.1, 0.15) is 21.5 Å². The normalized spacial score (nSPS) is 14.8. The number of piperazine rings is 1. The third-order valence-electron chi connectivity index (χ3n) is 6.20. The van der Waals surface area contributed by atoms with Crippen LogP contribution >= 0.6 is 0 Å². The molecule has 186 valence electrons. The summed E-state index contributed by atoms with van der Waals surface area (Å²) in [6, 6.07) is 12.3. The van der Waals surface area contributed by atoms with Crippen molar-refractivity contribution in [3.05, 3.63) is 71.5 Å². The predicted molar refractivity (Wildman–Crippen MR) is 129 cm³/mol. The Kier molecular flexibility index (Phi) is 6.31. The Morgan fingerprint density at radius 2 is 1.81 bits per heavy atom. The number of likely N-dealkylation sites (N-methyl/N-ethyl adjacent to an activating group) is 1. The highest BCUT2D eigenvalue weighted by Crippen LogP contribution is 2.30. The highest BCUT2D eigenvalue weighted by atomic mass is 19.4. The average Bonchev–Trinajstić information content (AvgIpc) is 3.32. The van der Waals surface area contributed by atoms with E-state index in [9.17, 15) is 18.0 Å². The topological polar surface area (TPSA) is 90.0 Å². The van der Waals surface area contributed by atoms with E-state index in [1.54, 1.807) is 18.2 Å². The lowest BCUT2D eigenvalue weighted by molar-refractivity contribution is -0.137. The number of aromatic nitrogens is 4. The predicted octanol–water partition coefficient (Wildman–Crippen LogP) is 4.04. The van der Waals surface area contributed by atoms with Gasteiger partial charge in [0, 0.05) is 43.9 Å². The van der Waals surface area contributed by atoms with Crippen LogP contribution in [0, 0.1) is 0 Å². The molecule has 11 heteroatoms. The summed E-state index contributed by atoms with van der Waals surface area (Å²) in [6.07, 6.45) is -3.06. The zero-order valence-electron chi connectivity index (χ0n) is 19.5. The van der Waals surface area contributed by atoms with Gasteiger partial charge in [0.05, 0.1) is 5.56 Å². The highest BCUT2D eigenvalue weighted by molar-refractivity contribution is 5.95. The average molecular weight is 496 g/mol. The molecule has 0 saturated carbocycles. The summed E-state index contributed by atoms with van der Waals surface area (Å²) >= 11 is 0. The van der Waals surface area contributed by atoms with Crippen LogP contribution in [0.2, 0.25) is 0 Å². The number of H-pyrrole nitrogens is 1. The van der Waals surface area contributed by atoms with Gasteiger partial charge in [0.25, 0.3) is 5.91 Å². The monoisotopic (exact) mass is 495 g/mol. The molecule has 0 aliphatic carbocycles. The van der Waals surface area contributed by atoms with E-state index in [1.165, 1.54) is 12.4 Å². The number of anilines is 1. The van der Waals surface area contributed by atoms with Gasteiger partial charge in [-0.3, -0.25) is 4.79 Å². The number of aromatic amines is 1. The van der Waals surface area contributed by atoms with Crippen LogP contribution in [0.15, 0.2) is 54.9 Å². The maximum Gasteiger partial charge on any atom is 0.416 e. The number of benzene rings is 2. The van der Waals surface area contributed by atoms with Gasteiger partial charge in [0.15, 0.2) is 11.5 Å². The third-order valence-corrected chi connectivity index (χ3v) is 6.20. The molecule has 1 aliphatic heterocycles. The first kappa shape index (κ1) is 23.7. The molecular formula is C25H24F3N7O. The molecule has 1 saturated heterocycles. The van der Waals surface area contributed by atoms with Gasteiger partial charge in [-0.05, 0) is 36.9 Å². The lowest BCUT2D eigenvalue weighted by Gasteiger charge is -2.32. The van der Waals surface area contributed by atoms with Crippen molar-refractivity contribution in [2.75, 3.05) is 38.5 Å². The molecular weight excluding hydrogens is 471 g/mol. The molecule has 0 unspecified atom stereocenters. The van der Waals surface area contributed by atoms with Crippen molar-refractivity contribution in [1.82, 2.24) is 29.7 Å². The Morgan fingerprint density at radius 3 is 2.53 bits per heavy atom. The van der Waals surface area contributed by atoms with Crippen molar-refractivity contribution in [2.24, 2.45) is 0 Å². The van der Waals surface area contributed by atoms with Crippen molar-refractivity contribution >= 4 is 22.9 Å². The lowest BCUT2D eigenvalue weighted by atomic mass is 10.1. The van der Waals surface area contributed by atoms with Crippen LogP contribution in [-0.2, 0) is 12.7 Å². The van der Waals surface area contributed by atoms with Gasteiger partial charge in [-0.2, -0.15) is 13.2 Å². The molecule has 36 heavy (non-hydrogen) atoms. The van der Waals surface area contributed by atoms with Crippen LogP contribution in [0.5, 0.6) is 0 Å². The number of fused-ring (bicyclic) bond motifs is 1. The maximum atomic E-state index is 13.0. The Labute approximate surface area is 205 Å². The minimum Gasteiger partial charge on any atom is -0.364 e. The Hall–Kier alpha value is -3.99. The number of carbonyl (C=O) groups excluding carboxylic acids is 1. The molecule has 1 fully saturated rings. The molecule has 8 nitrogen and oxygen atoms in total. The van der Waals surface area contributed by atoms with Crippen LogP contribution < -0.4 is 5.32 Å². The van der Waals surface area contributed by atoms with Gasteiger partial charge >= 0.3 is 6.18 Å². The van der Waals surface area contributed by atoms with Gasteiger partial charge in [-0.1, -0.05) is 24.3 Å². The van der Waals surface area contributed by atoms with E-state index >= 15 is 0 Å². The van der Waals surface area contributed by atoms with Crippen molar-refractivity contribution < 1.29 is 18.0 Å². The number of nitrogens with zero attached hydrogens (tertiary/aromatic N) is 5. The molecule has 0 atom stereocenters. The first-order valence-corrected chi connectivity index (χ1v) is 11.5. The first-order valence-electron chi connectivity index (χ1n) is 11.5. The second-order valence-electron chi connectivity index (χ2n) is 8.73. The van der Waals surface area contributed by atoms with E-state index in [0.717, 1.165) is 30.8 Å². The Bertz CT molecular complexity index is 1380. The number of hydrogen-bond donors (Lipinski definition) is 2. The van der Waals surface area contributed by atoms with Gasteiger partial charge in [-0.25, -0.2) is 15.0 Å². The number of halogens is 3. The van der Waals surface area contributed by atoms with Gasteiger partial charge < -0.3 is 20.1 Å². The number of nitrogens with one attached hydrogen (secondary N) is 2. The minimum absolute atomic E-state index is 0.00574. The quantitative estimate of drug-likeness (QED) is 0.435. The summed E-state index contributed by atoms with van der Waals surface area (Å²) in [5.74, 6) is 0.982. The number of hydrogen-bond acceptors (Lipinski definition) is 6. The Morgan fingerprint density at radius 1 is 1.06 bits per heavy atom. The zero-order chi connectivity index (χ0) is 25.3. The standard InChI is InChI=1S/C25H24F3N7O/c1-34-9-11-35(12-10-34)24(36)18-7-5-17(6-8-18)21-32-20-22(30-15-31-23(20)33-21)29-14-16-3-2-4-19(13-16)25(26,27)28/h2-8,13,15H,9-12,14H2,1H3,(H2,29,30,31,32,33). The molecule has 2 aromatic carbocycles. The summed E-state index contributed by atoms with van der Waals surface area (Å²) < 4.78 is 39.0. The van der Waals surface area contributed by atoms with Crippen LogP contribution in [0.4, 0.5) is 19.0 Å². The summed E-state index contributed by atoms with van der Waals surface area (Å²) in [5, 5.41) is 3.07. The summed E-state index contributed by atoms with van der Waals surface area (Å²) in [5.41, 5.74) is 2.11.